The molecule has 21 heteroatoms. The minimum atomic E-state index is -4.61. The molecule has 3 heterocycles. The normalized spacial score (nSPS) is 18.9. The molecule has 3 aromatic carbocycles. The maximum absolute atomic E-state index is 13.9. The number of unbranched alkanes of at least 4 members (excludes halogenated alkanes) is 2. The Labute approximate surface area is 398 Å². The summed E-state index contributed by atoms with van der Waals surface area (Å²) in [6.45, 7) is 8.78. The average molecular weight is 984 g/mol. The van der Waals surface area contributed by atoms with E-state index in [2.05, 4.69) is 14.3 Å². The Hall–Kier alpha value is -5.07. The zero-order valence-electron chi connectivity index (χ0n) is 38.6. The van der Waals surface area contributed by atoms with Gasteiger partial charge < -0.3 is 33.6 Å². The van der Waals surface area contributed by atoms with Crippen molar-refractivity contribution in [2.45, 2.75) is 86.3 Å². The molecule has 0 aromatic heterocycles. The number of hydrogen-bond donors (Lipinski definition) is 2. The molecule has 19 nitrogen and oxygen atoms in total. The molecule has 0 bridgehead atoms. The number of hydroxylamine groups is 2. The summed E-state index contributed by atoms with van der Waals surface area (Å²) in [6, 6.07) is 9.95. The Kier molecular flexibility index (Phi) is 17.7. The maximum atomic E-state index is 13.9. The van der Waals surface area contributed by atoms with Gasteiger partial charge in [-0.2, -0.15) is 8.42 Å². The first-order valence-corrected chi connectivity index (χ1v) is 24.3. The van der Waals surface area contributed by atoms with Crippen LogP contribution in [0.25, 0.3) is 12.2 Å². The van der Waals surface area contributed by atoms with Gasteiger partial charge >= 0.3 is 5.97 Å². The fourth-order valence-corrected chi connectivity index (χ4v) is 9.69. The number of hydrogen-bond acceptors (Lipinski definition) is 18. The maximum Gasteiger partial charge on any atom is 0.333 e. The van der Waals surface area contributed by atoms with Crippen molar-refractivity contribution in [2.75, 3.05) is 76.8 Å². The summed E-state index contributed by atoms with van der Waals surface area (Å²) in [5.41, 5.74) is 1.99. The average Bonchev–Trinajstić information content (AvgIpc) is 3.82. The van der Waals surface area contributed by atoms with Gasteiger partial charge in [0.15, 0.2) is 0 Å². The quantitative estimate of drug-likeness (QED) is 0.0307. The predicted octanol–water partition coefficient (Wildman–Crippen LogP) is 3.75. The van der Waals surface area contributed by atoms with Crippen molar-refractivity contribution in [3.63, 3.8) is 0 Å². The molecule has 3 aromatic rings. The number of allylic oxidation sites excluding steroid dienone is 4. The van der Waals surface area contributed by atoms with Crippen LogP contribution in [0.2, 0.25) is 0 Å². The molecule has 0 aliphatic carbocycles. The number of amides is 2. The number of benzene rings is 2. The second-order valence-electron chi connectivity index (χ2n) is 17.1. The van der Waals surface area contributed by atoms with Gasteiger partial charge in [-0.3, -0.25) is 23.7 Å². The van der Waals surface area contributed by atoms with Gasteiger partial charge in [-0.05, 0) is 91.6 Å². The van der Waals surface area contributed by atoms with Gasteiger partial charge in [-0.25, -0.2) is 10.1 Å². The largest absolute Gasteiger partial charge is 0.382 e. The van der Waals surface area contributed by atoms with Crippen LogP contribution in [0.15, 0.2) is 79.3 Å². The lowest BCUT2D eigenvalue weighted by atomic mass is 9.77. The van der Waals surface area contributed by atoms with Crippen LogP contribution in [0, 0.1) is 0 Å². The number of nitrogens with zero attached hydrogens (tertiary/aromatic N) is 3. The van der Waals surface area contributed by atoms with Crippen molar-refractivity contribution in [1.29, 1.82) is 0 Å². The molecule has 3 aliphatic heterocycles. The number of rotatable bonds is 25. The number of fused-ring (bicyclic) bond motifs is 2. The van der Waals surface area contributed by atoms with Crippen LogP contribution in [0.3, 0.4) is 0 Å². The van der Waals surface area contributed by atoms with Gasteiger partial charge in [0, 0.05) is 85.1 Å². The fourth-order valence-electron chi connectivity index (χ4n) is 8.79. The summed E-state index contributed by atoms with van der Waals surface area (Å²) >= 11 is 0.834. The molecule has 2 N–H and O–H groups in total. The molecule has 0 saturated carbocycles. The number of ether oxygens (including phenoxy) is 4. The topological polar surface area (TPSA) is 234 Å². The first-order valence-electron chi connectivity index (χ1n) is 22.1. The molecule has 2 amide bonds. The van der Waals surface area contributed by atoms with E-state index in [9.17, 15) is 36.9 Å². The fraction of sp³-hybridized carbons (Fsp3) is 0.468. The van der Waals surface area contributed by atoms with Crippen LogP contribution in [-0.4, -0.2) is 108 Å². The zero-order valence-corrected chi connectivity index (χ0v) is 40.3. The third kappa shape index (κ3) is 11.7. The van der Waals surface area contributed by atoms with E-state index >= 15 is 0 Å². The Morgan fingerprint density at radius 3 is 1.90 bits per heavy atom. The summed E-state index contributed by atoms with van der Waals surface area (Å²) < 4.78 is 61.5. The minimum absolute atomic E-state index is 0.00871. The van der Waals surface area contributed by atoms with Crippen LogP contribution in [-0.2, 0) is 68.5 Å². The highest BCUT2D eigenvalue weighted by atomic mass is 32.2. The van der Waals surface area contributed by atoms with E-state index in [4.69, 9.17) is 29.0 Å². The molecule has 0 spiro atoms. The Balaban J connectivity index is 1.33. The van der Waals surface area contributed by atoms with Crippen molar-refractivity contribution in [2.24, 2.45) is 0 Å². The molecular weight excluding hydrogens is 927 g/mol. The third-order valence-electron chi connectivity index (χ3n) is 12.4. The van der Waals surface area contributed by atoms with E-state index in [-0.39, 0.29) is 41.2 Å². The summed E-state index contributed by atoms with van der Waals surface area (Å²) in [5.74, 6) is -1.86. The van der Waals surface area contributed by atoms with Crippen LogP contribution in [0.1, 0.15) is 76.8 Å². The highest BCUT2D eigenvalue weighted by Gasteiger charge is 2.44. The first kappa shape index (κ1) is 52.3. The summed E-state index contributed by atoms with van der Waals surface area (Å²) in [6.07, 6.45) is 8.13. The molecule has 1 saturated heterocycles. The van der Waals surface area contributed by atoms with Crippen LogP contribution < -0.4 is 31.1 Å². The SMILES string of the molecule is COCCOCCN1C(=CC=c2c(=O)c(=CC=C3N(CCOCCOC)c4ccc(S(=O)(=O)O)cc4C3(C)CCCCCC(=O)ON3C(=O)CCC3=O)c2=O)C(C)(C)c2cc(SOOO)ccc21. The highest BCUT2D eigenvalue weighted by molar-refractivity contribution is 7.94. The molecule has 3 aliphatic rings. The second kappa shape index (κ2) is 23.0. The summed E-state index contributed by atoms with van der Waals surface area (Å²) in [5, 5.41) is 13.0. The highest BCUT2D eigenvalue weighted by Crippen LogP contribution is 2.52. The number of imide groups is 1. The molecule has 68 heavy (non-hydrogen) atoms. The lowest BCUT2D eigenvalue weighted by molar-refractivity contribution is -0.432. The Morgan fingerprint density at radius 1 is 0.735 bits per heavy atom. The van der Waals surface area contributed by atoms with E-state index in [1.165, 1.54) is 24.3 Å². The number of carbonyl (C=O) groups is 3. The van der Waals surface area contributed by atoms with Gasteiger partial charge in [-0.1, -0.05) is 31.7 Å². The van der Waals surface area contributed by atoms with Gasteiger partial charge in [0.25, 0.3) is 21.9 Å². The van der Waals surface area contributed by atoms with E-state index in [1.54, 1.807) is 32.4 Å². The van der Waals surface area contributed by atoms with Crippen molar-refractivity contribution in [3.05, 3.63) is 102 Å². The van der Waals surface area contributed by atoms with Crippen molar-refractivity contribution in [1.82, 2.24) is 5.06 Å². The van der Waals surface area contributed by atoms with Crippen LogP contribution >= 0.6 is 12.0 Å². The molecular formula is C47H57N3O16S2. The van der Waals surface area contributed by atoms with E-state index in [0.29, 0.717) is 98.7 Å². The lowest BCUT2D eigenvalue weighted by Crippen LogP contribution is -2.64. The molecule has 1 fully saturated rings. The molecule has 368 valence electrons. The van der Waals surface area contributed by atoms with Crippen LogP contribution in [0.4, 0.5) is 11.4 Å². The Morgan fingerprint density at radius 2 is 1.31 bits per heavy atom. The van der Waals surface area contributed by atoms with Gasteiger partial charge in [0.05, 0.1) is 67.0 Å². The molecule has 1 atom stereocenters. The number of carbonyl (C=O) groups excluding carboxylic acids is 3. The van der Waals surface area contributed by atoms with Gasteiger partial charge in [0.2, 0.25) is 10.9 Å². The van der Waals surface area contributed by atoms with E-state index < -0.39 is 49.6 Å². The van der Waals surface area contributed by atoms with Gasteiger partial charge in [0.1, 0.15) is 0 Å². The summed E-state index contributed by atoms with van der Waals surface area (Å²) in [7, 11) is -1.46. The smallest absolute Gasteiger partial charge is 0.333 e. The number of anilines is 2. The van der Waals surface area contributed by atoms with E-state index in [0.717, 1.165) is 29.0 Å². The standard InChI is InChI=1S/C47H57N3O16S2/c1-46(2)35-29-31(67-66-65-56)10-14-37(35)48(21-23-62-27-25-60-4)39(46)16-12-33-44(54)34(45(33)55)13-17-40-47(3,20-8-6-7-9-43(53)64-50-41(51)18-19-42(50)52)36-30-32(68(57,58)59)11-15-38(36)49(40)22-24-63-28-26-61-5/h10-17,29-30,56H,6-9,18-28H2,1-5H3,(H,57,58,59). The third-order valence-corrected chi connectivity index (χ3v) is 13.8. The zero-order chi connectivity index (χ0) is 49.2. The minimum Gasteiger partial charge on any atom is -0.382 e. The summed E-state index contributed by atoms with van der Waals surface area (Å²) in [4.78, 5) is 73.5. The molecule has 6 rings (SSSR count). The van der Waals surface area contributed by atoms with Crippen molar-refractivity contribution >= 4 is 63.5 Å². The van der Waals surface area contributed by atoms with Crippen LogP contribution in [0.5, 0.6) is 0 Å². The monoisotopic (exact) mass is 983 g/mol. The van der Waals surface area contributed by atoms with E-state index in [1.807, 2.05) is 43.9 Å². The lowest BCUT2D eigenvalue weighted by Gasteiger charge is -2.30. The van der Waals surface area contributed by atoms with Crippen molar-refractivity contribution < 1.29 is 65.8 Å². The first-order chi connectivity index (χ1) is 32.5. The van der Waals surface area contributed by atoms with Gasteiger partial charge in [-0.15, -0.1) is 9.40 Å². The predicted molar refractivity (Wildman–Crippen MR) is 250 cm³/mol. The molecule has 0 radical (unpaired) electrons. The second-order valence-corrected chi connectivity index (χ2v) is 19.3. The van der Waals surface area contributed by atoms with Crippen molar-refractivity contribution in [3.8, 4) is 0 Å². The molecule has 1 unspecified atom stereocenters. The Bertz CT molecular complexity index is 2680. The number of methoxy groups -OCH3 is 2.